The third-order valence-electron chi connectivity index (χ3n) is 4.34. The van der Waals surface area contributed by atoms with Crippen molar-refractivity contribution in [2.24, 2.45) is 0 Å². The van der Waals surface area contributed by atoms with Crippen LogP contribution in [-0.2, 0) is 6.54 Å². The Hall–Kier alpha value is -3.01. The molecule has 2 aromatic carbocycles. The minimum atomic E-state index is 0.00675. The van der Waals surface area contributed by atoms with E-state index in [1.165, 1.54) is 0 Å². The van der Waals surface area contributed by atoms with Gasteiger partial charge in [0.2, 0.25) is 0 Å². The first kappa shape index (κ1) is 17.8. The Morgan fingerprint density at radius 1 is 1.08 bits per heavy atom. The summed E-state index contributed by atoms with van der Waals surface area (Å²) in [6, 6.07) is 17.7. The molecule has 134 valence electrons. The molecule has 4 nitrogen and oxygen atoms in total. The van der Waals surface area contributed by atoms with E-state index in [4.69, 9.17) is 4.74 Å². The first-order valence-electron chi connectivity index (χ1n) is 8.79. The number of aryl methyl sites for hydroxylation is 1. The first-order valence-corrected chi connectivity index (χ1v) is 8.79. The SMILES string of the molecule is CCOc1ccc(CN(C)C(=O)c2ccc(C)c(-n3cccc3)c2)cc1. The summed E-state index contributed by atoms with van der Waals surface area (Å²) >= 11 is 0. The summed E-state index contributed by atoms with van der Waals surface area (Å²) < 4.78 is 7.49. The van der Waals surface area contributed by atoms with Gasteiger partial charge in [0.1, 0.15) is 5.75 Å². The van der Waals surface area contributed by atoms with Gasteiger partial charge in [-0.1, -0.05) is 18.2 Å². The van der Waals surface area contributed by atoms with E-state index in [0.29, 0.717) is 18.7 Å². The number of hydrogen-bond donors (Lipinski definition) is 0. The van der Waals surface area contributed by atoms with Crippen molar-refractivity contribution in [3.63, 3.8) is 0 Å². The summed E-state index contributed by atoms with van der Waals surface area (Å²) in [4.78, 5) is 14.6. The molecule has 0 bridgehead atoms. The standard InChI is InChI=1S/C22H24N2O2/c1-4-26-20-11-8-18(9-12-20)16-23(3)22(25)19-10-7-17(2)21(15-19)24-13-5-6-14-24/h5-15H,4,16H2,1-3H3. The number of rotatable bonds is 6. The summed E-state index contributed by atoms with van der Waals surface area (Å²) in [5.41, 5.74) is 3.91. The fourth-order valence-corrected chi connectivity index (χ4v) is 2.94. The molecule has 0 aliphatic carbocycles. The van der Waals surface area contributed by atoms with E-state index >= 15 is 0 Å². The second-order valence-electron chi connectivity index (χ2n) is 6.33. The molecule has 0 spiro atoms. The van der Waals surface area contributed by atoms with Gasteiger partial charge in [0, 0.05) is 37.2 Å². The van der Waals surface area contributed by atoms with Crippen LogP contribution in [0.2, 0.25) is 0 Å². The summed E-state index contributed by atoms with van der Waals surface area (Å²) in [5, 5.41) is 0. The maximum absolute atomic E-state index is 12.8. The Morgan fingerprint density at radius 3 is 2.42 bits per heavy atom. The highest BCUT2D eigenvalue weighted by atomic mass is 16.5. The molecule has 4 heteroatoms. The zero-order valence-corrected chi connectivity index (χ0v) is 15.5. The van der Waals surface area contributed by atoms with E-state index < -0.39 is 0 Å². The molecule has 1 heterocycles. The molecular formula is C22H24N2O2. The summed E-state index contributed by atoms with van der Waals surface area (Å²) in [5.74, 6) is 0.854. The van der Waals surface area contributed by atoms with Crippen molar-refractivity contribution in [2.75, 3.05) is 13.7 Å². The number of hydrogen-bond acceptors (Lipinski definition) is 2. The van der Waals surface area contributed by atoms with Crippen LogP contribution in [0, 0.1) is 6.92 Å². The molecule has 1 aromatic heterocycles. The lowest BCUT2D eigenvalue weighted by atomic mass is 10.1. The number of nitrogens with zero attached hydrogens (tertiary/aromatic N) is 2. The molecular weight excluding hydrogens is 324 g/mol. The second kappa shape index (κ2) is 7.91. The molecule has 0 atom stereocenters. The van der Waals surface area contributed by atoms with Gasteiger partial charge in [0.15, 0.2) is 0 Å². The monoisotopic (exact) mass is 348 g/mol. The van der Waals surface area contributed by atoms with Gasteiger partial charge in [0.25, 0.3) is 5.91 Å². The van der Waals surface area contributed by atoms with Crippen LogP contribution in [0.3, 0.4) is 0 Å². The van der Waals surface area contributed by atoms with E-state index in [1.54, 1.807) is 4.90 Å². The minimum absolute atomic E-state index is 0.00675. The van der Waals surface area contributed by atoms with Crippen LogP contribution in [0.1, 0.15) is 28.4 Å². The third kappa shape index (κ3) is 3.97. The second-order valence-corrected chi connectivity index (χ2v) is 6.33. The van der Waals surface area contributed by atoms with E-state index in [2.05, 4.69) is 0 Å². The smallest absolute Gasteiger partial charge is 0.253 e. The van der Waals surface area contributed by atoms with E-state index in [-0.39, 0.29) is 5.91 Å². The highest BCUT2D eigenvalue weighted by molar-refractivity contribution is 5.94. The van der Waals surface area contributed by atoms with Crippen molar-refractivity contribution in [2.45, 2.75) is 20.4 Å². The molecule has 0 aliphatic heterocycles. The van der Waals surface area contributed by atoms with E-state index in [9.17, 15) is 4.79 Å². The number of carbonyl (C=O) groups is 1. The zero-order chi connectivity index (χ0) is 18.5. The van der Waals surface area contributed by atoms with Gasteiger partial charge < -0.3 is 14.2 Å². The lowest BCUT2D eigenvalue weighted by molar-refractivity contribution is 0.0785. The molecule has 0 saturated carbocycles. The molecule has 0 aliphatic rings. The van der Waals surface area contributed by atoms with Crippen molar-refractivity contribution >= 4 is 5.91 Å². The zero-order valence-electron chi connectivity index (χ0n) is 15.5. The quantitative estimate of drug-likeness (QED) is 0.659. The Morgan fingerprint density at radius 2 is 1.77 bits per heavy atom. The van der Waals surface area contributed by atoms with Crippen molar-refractivity contribution in [1.29, 1.82) is 0 Å². The van der Waals surface area contributed by atoms with Crippen LogP contribution < -0.4 is 4.74 Å². The molecule has 0 N–H and O–H groups in total. The fourth-order valence-electron chi connectivity index (χ4n) is 2.94. The van der Waals surface area contributed by atoms with Gasteiger partial charge in [-0.3, -0.25) is 4.79 Å². The predicted octanol–water partition coefficient (Wildman–Crippen LogP) is 4.46. The number of aromatic nitrogens is 1. The van der Waals surface area contributed by atoms with Crippen LogP contribution >= 0.6 is 0 Å². The van der Waals surface area contributed by atoms with Gasteiger partial charge in [-0.2, -0.15) is 0 Å². The van der Waals surface area contributed by atoms with E-state index in [0.717, 1.165) is 22.6 Å². The molecule has 26 heavy (non-hydrogen) atoms. The van der Waals surface area contributed by atoms with Crippen molar-refractivity contribution in [3.05, 3.63) is 83.7 Å². The number of ether oxygens (including phenoxy) is 1. The van der Waals surface area contributed by atoms with Gasteiger partial charge in [-0.15, -0.1) is 0 Å². The molecule has 1 amide bonds. The normalized spacial score (nSPS) is 10.6. The Balaban J connectivity index is 1.75. The maximum Gasteiger partial charge on any atom is 0.253 e. The Labute approximate surface area is 154 Å². The third-order valence-corrected chi connectivity index (χ3v) is 4.34. The van der Waals surface area contributed by atoms with Crippen LogP contribution in [0.5, 0.6) is 5.75 Å². The highest BCUT2D eigenvalue weighted by Crippen LogP contribution is 2.19. The molecule has 3 rings (SSSR count). The Bertz CT molecular complexity index is 868. The number of amides is 1. The molecule has 3 aromatic rings. The number of benzene rings is 2. The van der Waals surface area contributed by atoms with Gasteiger partial charge in [-0.05, 0) is 61.4 Å². The first-order chi connectivity index (χ1) is 12.6. The highest BCUT2D eigenvalue weighted by Gasteiger charge is 2.14. The topological polar surface area (TPSA) is 34.5 Å². The van der Waals surface area contributed by atoms with Crippen LogP contribution in [-0.4, -0.2) is 29.0 Å². The molecule has 0 saturated heterocycles. The van der Waals surface area contributed by atoms with E-state index in [1.807, 2.05) is 92.5 Å². The summed E-state index contributed by atoms with van der Waals surface area (Å²) in [6.07, 6.45) is 3.97. The van der Waals surface area contributed by atoms with Gasteiger partial charge >= 0.3 is 0 Å². The average Bonchev–Trinajstić information content (AvgIpc) is 3.18. The van der Waals surface area contributed by atoms with Gasteiger partial charge in [-0.25, -0.2) is 0 Å². The summed E-state index contributed by atoms with van der Waals surface area (Å²) in [7, 11) is 1.83. The van der Waals surface area contributed by atoms with Crippen LogP contribution in [0.4, 0.5) is 0 Å². The van der Waals surface area contributed by atoms with Crippen LogP contribution in [0.25, 0.3) is 5.69 Å². The Kier molecular flexibility index (Phi) is 5.42. The number of carbonyl (C=O) groups excluding carboxylic acids is 1. The molecule has 0 radical (unpaired) electrons. The minimum Gasteiger partial charge on any atom is -0.494 e. The largest absolute Gasteiger partial charge is 0.494 e. The van der Waals surface area contributed by atoms with Crippen molar-refractivity contribution < 1.29 is 9.53 Å². The van der Waals surface area contributed by atoms with Crippen molar-refractivity contribution in [1.82, 2.24) is 9.47 Å². The maximum atomic E-state index is 12.8. The summed E-state index contributed by atoms with van der Waals surface area (Å²) in [6.45, 7) is 5.21. The van der Waals surface area contributed by atoms with Crippen LogP contribution in [0.15, 0.2) is 67.0 Å². The molecule has 0 unspecified atom stereocenters. The fraction of sp³-hybridized carbons (Fsp3) is 0.227. The lowest BCUT2D eigenvalue weighted by Crippen LogP contribution is -2.26. The predicted molar refractivity (Wildman–Crippen MR) is 104 cm³/mol. The lowest BCUT2D eigenvalue weighted by Gasteiger charge is -2.19. The van der Waals surface area contributed by atoms with Crippen molar-refractivity contribution in [3.8, 4) is 11.4 Å². The molecule has 0 fully saturated rings. The average molecular weight is 348 g/mol. The van der Waals surface area contributed by atoms with Gasteiger partial charge in [0.05, 0.1) is 6.61 Å².